The van der Waals surface area contributed by atoms with E-state index in [-0.39, 0.29) is 18.3 Å². The van der Waals surface area contributed by atoms with Gasteiger partial charge in [0.2, 0.25) is 5.91 Å². The molecule has 6 nitrogen and oxygen atoms in total. The number of aromatic nitrogens is 1. The lowest BCUT2D eigenvalue weighted by atomic mass is 10.2. The van der Waals surface area contributed by atoms with Gasteiger partial charge >= 0.3 is 5.76 Å². The first-order valence-electron chi connectivity index (χ1n) is 9.24. The maximum atomic E-state index is 13.1. The van der Waals surface area contributed by atoms with Crippen molar-refractivity contribution < 1.29 is 13.6 Å². The summed E-state index contributed by atoms with van der Waals surface area (Å²) in [4.78, 5) is 28.6. The van der Waals surface area contributed by atoms with E-state index in [0.717, 1.165) is 5.69 Å². The number of halogens is 2. The molecule has 0 saturated carbocycles. The first-order chi connectivity index (χ1) is 14.0. The van der Waals surface area contributed by atoms with Crippen LogP contribution in [0.3, 0.4) is 0 Å². The Morgan fingerprint density at radius 3 is 2.48 bits per heavy atom. The Labute approximate surface area is 171 Å². The van der Waals surface area contributed by atoms with Crippen LogP contribution in [0.15, 0.2) is 63.9 Å². The van der Waals surface area contributed by atoms with Crippen LogP contribution in [0.2, 0.25) is 5.02 Å². The fourth-order valence-electron chi connectivity index (χ4n) is 3.36. The van der Waals surface area contributed by atoms with Gasteiger partial charge < -0.3 is 14.2 Å². The summed E-state index contributed by atoms with van der Waals surface area (Å²) in [7, 11) is 0. The summed E-state index contributed by atoms with van der Waals surface area (Å²) in [5.74, 6) is -0.837. The second-order valence-electron chi connectivity index (χ2n) is 6.84. The third kappa shape index (κ3) is 4.35. The van der Waals surface area contributed by atoms with Crippen LogP contribution in [0, 0.1) is 5.82 Å². The summed E-state index contributed by atoms with van der Waals surface area (Å²) in [6.45, 7) is 2.40. The van der Waals surface area contributed by atoms with E-state index in [1.165, 1.54) is 35.0 Å². The van der Waals surface area contributed by atoms with Crippen molar-refractivity contribution in [1.29, 1.82) is 0 Å². The van der Waals surface area contributed by atoms with Crippen molar-refractivity contribution in [3.8, 4) is 11.3 Å². The summed E-state index contributed by atoms with van der Waals surface area (Å²) >= 11 is 6.05. The topological polar surface area (TPSA) is 58.7 Å². The maximum Gasteiger partial charge on any atom is 0.419 e. The molecule has 0 N–H and O–H groups in total. The van der Waals surface area contributed by atoms with Gasteiger partial charge in [0.05, 0.1) is 6.20 Å². The number of nitrogens with zero attached hydrogens (tertiary/aromatic N) is 3. The molecule has 1 amide bonds. The zero-order chi connectivity index (χ0) is 20.4. The van der Waals surface area contributed by atoms with E-state index in [4.69, 9.17) is 16.0 Å². The fourth-order valence-corrected chi connectivity index (χ4v) is 3.55. The molecule has 0 radical (unpaired) electrons. The smallest absolute Gasteiger partial charge is 0.408 e. The van der Waals surface area contributed by atoms with Crippen molar-refractivity contribution in [2.45, 2.75) is 6.54 Å². The van der Waals surface area contributed by atoms with E-state index in [1.807, 2.05) is 24.3 Å². The molecule has 1 aliphatic rings. The van der Waals surface area contributed by atoms with Gasteiger partial charge in [-0.3, -0.25) is 9.36 Å². The molecule has 0 unspecified atom stereocenters. The minimum atomic E-state index is -0.616. The molecule has 29 heavy (non-hydrogen) atoms. The quantitative estimate of drug-likeness (QED) is 0.656. The normalized spacial score (nSPS) is 14.3. The number of carbonyl (C=O) groups is 1. The average molecular weight is 416 g/mol. The predicted molar refractivity (Wildman–Crippen MR) is 109 cm³/mol. The van der Waals surface area contributed by atoms with Crippen molar-refractivity contribution in [2.24, 2.45) is 0 Å². The lowest BCUT2D eigenvalue weighted by molar-refractivity contribution is -0.132. The van der Waals surface area contributed by atoms with Gasteiger partial charge in [0.1, 0.15) is 12.4 Å². The van der Waals surface area contributed by atoms with Gasteiger partial charge in [0, 0.05) is 42.5 Å². The molecule has 0 aliphatic carbocycles. The Morgan fingerprint density at radius 1 is 1.07 bits per heavy atom. The highest BCUT2D eigenvalue weighted by Crippen LogP contribution is 2.21. The van der Waals surface area contributed by atoms with Crippen molar-refractivity contribution in [2.75, 3.05) is 31.1 Å². The van der Waals surface area contributed by atoms with Crippen LogP contribution >= 0.6 is 11.6 Å². The minimum absolute atomic E-state index is 0.0965. The highest BCUT2D eigenvalue weighted by Gasteiger charge is 2.22. The molecule has 1 aromatic heterocycles. The van der Waals surface area contributed by atoms with E-state index >= 15 is 0 Å². The molecular formula is C21H19ClFN3O3. The molecular weight excluding hydrogens is 397 g/mol. The van der Waals surface area contributed by atoms with Crippen molar-refractivity contribution in [3.05, 3.63) is 76.1 Å². The number of amides is 1. The summed E-state index contributed by atoms with van der Waals surface area (Å²) in [6, 6.07) is 13.2. The zero-order valence-electron chi connectivity index (χ0n) is 15.6. The van der Waals surface area contributed by atoms with Gasteiger partial charge in [0.15, 0.2) is 5.76 Å². The molecule has 0 bridgehead atoms. The molecule has 0 atom stereocenters. The van der Waals surface area contributed by atoms with Gasteiger partial charge in [-0.15, -0.1) is 0 Å². The van der Waals surface area contributed by atoms with Crippen molar-refractivity contribution >= 4 is 23.2 Å². The highest BCUT2D eigenvalue weighted by atomic mass is 35.5. The summed E-state index contributed by atoms with van der Waals surface area (Å²) in [5.41, 5.74) is 1.60. The summed E-state index contributed by atoms with van der Waals surface area (Å²) in [6.07, 6.45) is 1.48. The third-order valence-electron chi connectivity index (χ3n) is 4.94. The van der Waals surface area contributed by atoms with Gasteiger partial charge in [-0.25, -0.2) is 9.18 Å². The van der Waals surface area contributed by atoms with Gasteiger partial charge in [-0.2, -0.15) is 0 Å². The Bertz CT molecular complexity index is 1070. The van der Waals surface area contributed by atoms with Crippen LogP contribution in [0.25, 0.3) is 11.3 Å². The van der Waals surface area contributed by atoms with Crippen LogP contribution in [0.5, 0.6) is 0 Å². The molecule has 8 heteroatoms. The van der Waals surface area contributed by atoms with E-state index < -0.39 is 5.76 Å². The fraction of sp³-hybridized carbons (Fsp3) is 0.238. The SMILES string of the molecule is O=C(Cn1cc(-c2ccc(F)cc2)oc1=O)N1CCN(c2cccc(Cl)c2)CC1. The largest absolute Gasteiger partial charge is 0.419 e. The molecule has 2 aromatic carbocycles. The zero-order valence-corrected chi connectivity index (χ0v) is 16.3. The van der Waals surface area contributed by atoms with E-state index in [0.29, 0.717) is 42.5 Å². The van der Waals surface area contributed by atoms with E-state index in [9.17, 15) is 14.0 Å². The van der Waals surface area contributed by atoms with Crippen molar-refractivity contribution in [1.82, 2.24) is 9.47 Å². The number of carbonyl (C=O) groups excluding carboxylic acids is 1. The Morgan fingerprint density at radius 2 is 1.79 bits per heavy atom. The number of rotatable bonds is 4. The second kappa shape index (κ2) is 8.13. The maximum absolute atomic E-state index is 13.1. The summed E-state index contributed by atoms with van der Waals surface area (Å²) < 4.78 is 19.5. The van der Waals surface area contributed by atoms with Crippen LogP contribution in [-0.2, 0) is 11.3 Å². The first-order valence-corrected chi connectivity index (χ1v) is 9.62. The van der Waals surface area contributed by atoms with Gasteiger partial charge in [-0.1, -0.05) is 17.7 Å². The van der Waals surface area contributed by atoms with E-state index in [2.05, 4.69) is 4.90 Å². The summed E-state index contributed by atoms with van der Waals surface area (Å²) in [5, 5.41) is 0.678. The molecule has 150 valence electrons. The Hall–Kier alpha value is -3.06. The third-order valence-corrected chi connectivity index (χ3v) is 5.18. The predicted octanol–water partition coefficient (Wildman–Crippen LogP) is 3.25. The number of oxazole rings is 1. The molecule has 1 aliphatic heterocycles. The van der Waals surface area contributed by atoms with Crippen molar-refractivity contribution in [3.63, 3.8) is 0 Å². The number of anilines is 1. The van der Waals surface area contributed by atoms with Crippen LogP contribution in [-0.4, -0.2) is 41.6 Å². The monoisotopic (exact) mass is 415 g/mol. The van der Waals surface area contributed by atoms with Crippen LogP contribution < -0.4 is 10.7 Å². The van der Waals surface area contributed by atoms with Gasteiger partial charge in [0.25, 0.3) is 0 Å². The van der Waals surface area contributed by atoms with Crippen LogP contribution in [0.4, 0.5) is 10.1 Å². The number of hydrogen-bond acceptors (Lipinski definition) is 4. The molecule has 1 saturated heterocycles. The number of benzene rings is 2. The lowest BCUT2D eigenvalue weighted by Gasteiger charge is -2.36. The van der Waals surface area contributed by atoms with Crippen LogP contribution in [0.1, 0.15) is 0 Å². The van der Waals surface area contributed by atoms with Gasteiger partial charge in [-0.05, 0) is 42.5 Å². The molecule has 2 heterocycles. The molecule has 4 rings (SSSR count). The average Bonchev–Trinajstić information content (AvgIpc) is 3.09. The molecule has 0 spiro atoms. The second-order valence-corrected chi connectivity index (χ2v) is 7.28. The number of piperazine rings is 1. The Balaban J connectivity index is 1.39. The van der Waals surface area contributed by atoms with E-state index in [1.54, 1.807) is 4.90 Å². The molecule has 1 fully saturated rings. The standard InChI is InChI=1S/C21H19ClFN3O3/c22-16-2-1-3-18(12-16)24-8-10-25(11-9-24)20(27)14-26-13-19(29-21(26)28)15-4-6-17(23)7-5-15/h1-7,12-13H,8-11,14H2. The molecule has 3 aromatic rings. The highest BCUT2D eigenvalue weighted by molar-refractivity contribution is 6.30. The first kappa shape index (κ1) is 19.3. The Kier molecular flexibility index (Phi) is 5.40. The lowest BCUT2D eigenvalue weighted by Crippen LogP contribution is -2.50. The minimum Gasteiger partial charge on any atom is -0.408 e. The number of hydrogen-bond donors (Lipinski definition) is 0.